The Morgan fingerprint density at radius 1 is 1.05 bits per heavy atom. The summed E-state index contributed by atoms with van der Waals surface area (Å²) in [5.41, 5.74) is 6.96. The number of fused-ring (bicyclic) bond motifs is 1. The van der Waals surface area contributed by atoms with Gasteiger partial charge in [0.25, 0.3) is 0 Å². The molecule has 0 aliphatic carbocycles. The largest absolute Gasteiger partial charge is 0.337 e. The molecule has 1 heterocycles. The quantitative estimate of drug-likeness (QED) is 0.788. The van der Waals surface area contributed by atoms with Crippen LogP contribution in [0, 0.1) is 5.92 Å². The minimum Gasteiger partial charge on any atom is -0.337 e. The normalized spacial score (nSPS) is 13.0. The van der Waals surface area contributed by atoms with Crippen LogP contribution in [0.25, 0.3) is 22.2 Å². The van der Waals surface area contributed by atoms with Gasteiger partial charge in [-0.15, -0.1) is 0 Å². The first-order chi connectivity index (χ1) is 9.65. The van der Waals surface area contributed by atoms with Crippen molar-refractivity contribution in [1.29, 1.82) is 0 Å². The molecular formula is C16H17N3O. The van der Waals surface area contributed by atoms with Gasteiger partial charge in [0, 0.05) is 5.56 Å². The van der Waals surface area contributed by atoms with E-state index in [0.29, 0.717) is 11.7 Å². The SMILES string of the molecule is CC(C)[C@H](N)c1nc(-c2ccc3ccccc3c2)no1. The van der Waals surface area contributed by atoms with Gasteiger partial charge in [-0.25, -0.2) is 0 Å². The molecule has 0 saturated carbocycles. The van der Waals surface area contributed by atoms with E-state index in [-0.39, 0.29) is 12.0 Å². The Hall–Kier alpha value is -2.20. The fraction of sp³-hybridized carbons (Fsp3) is 0.250. The molecule has 0 spiro atoms. The molecule has 3 aromatic rings. The van der Waals surface area contributed by atoms with Gasteiger partial charge in [-0.05, 0) is 22.8 Å². The first kappa shape index (κ1) is 12.8. The molecule has 102 valence electrons. The molecule has 0 aliphatic rings. The second kappa shape index (κ2) is 5.06. The van der Waals surface area contributed by atoms with Crippen LogP contribution in [0.3, 0.4) is 0 Å². The van der Waals surface area contributed by atoms with Crippen molar-refractivity contribution in [2.24, 2.45) is 11.7 Å². The van der Waals surface area contributed by atoms with E-state index in [1.54, 1.807) is 0 Å². The Labute approximate surface area is 117 Å². The van der Waals surface area contributed by atoms with Crippen molar-refractivity contribution in [2.75, 3.05) is 0 Å². The summed E-state index contributed by atoms with van der Waals surface area (Å²) in [6.45, 7) is 4.06. The summed E-state index contributed by atoms with van der Waals surface area (Å²) < 4.78 is 5.27. The van der Waals surface area contributed by atoms with E-state index in [1.807, 2.05) is 32.0 Å². The van der Waals surface area contributed by atoms with Crippen molar-refractivity contribution in [2.45, 2.75) is 19.9 Å². The van der Waals surface area contributed by atoms with E-state index in [1.165, 1.54) is 5.39 Å². The van der Waals surface area contributed by atoms with Gasteiger partial charge in [-0.3, -0.25) is 0 Å². The molecule has 0 saturated heterocycles. The summed E-state index contributed by atoms with van der Waals surface area (Å²) in [6.07, 6.45) is 0. The number of nitrogens with zero attached hydrogens (tertiary/aromatic N) is 2. The molecule has 0 unspecified atom stereocenters. The van der Waals surface area contributed by atoms with Gasteiger partial charge >= 0.3 is 0 Å². The van der Waals surface area contributed by atoms with E-state index in [2.05, 4.69) is 34.4 Å². The van der Waals surface area contributed by atoms with Gasteiger partial charge < -0.3 is 10.3 Å². The maximum absolute atomic E-state index is 6.02. The van der Waals surface area contributed by atoms with E-state index in [9.17, 15) is 0 Å². The predicted molar refractivity (Wildman–Crippen MR) is 79.0 cm³/mol. The molecular weight excluding hydrogens is 250 g/mol. The monoisotopic (exact) mass is 267 g/mol. The highest BCUT2D eigenvalue weighted by Crippen LogP contribution is 2.24. The summed E-state index contributed by atoms with van der Waals surface area (Å²) in [4.78, 5) is 4.41. The molecule has 1 atom stereocenters. The third-order valence-corrected chi connectivity index (χ3v) is 3.45. The minimum atomic E-state index is -0.225. The van der Waals surface area contributed by atoms with Crippen LogP contribution < -0.4 is 5.73 Å². The predicted octanol–water partition coefficient (Wildman–Crippen LogP) is 3.55. The highest BCUT2D eigenvalue weighted by Gasteiger charge is 2.18. The second-order valence-electron chi connectivity index (χ2n) is 5.29. The molecule has 2 N–H and O–H groups in total. The van der Waals surface area contributed by atoms with Crippen LogP contribution in [-0.2, 0) is 0 Å². The van der Waals surface area contributed by atoms with Crippen molar-refractivity contribution < 1.29 is 4.52 Å². The van der Waals surface area contributed by atoms with Gasteiger partial charge in [-0.2, -0.15) is 4.98 Å². The van der Waals surface area contributed by atoms with Crippen LogP contribution in [0.4, 0.5) is 0 Å². The molecule has 3 rings (SSSR count). The molecule has 0 bridgehead atoms. The molecule has 0 fully saturated rings. The summed E-state index contributed by atoms with van der Waals surface area (Å²) in [5.74, 6) is 1.34. The highest BCUT2D eigenvalue weighted by molar-refractivity contribution is 5.86. The third kappa shape index (κ3) is 2.30. The van der Waals surface area contributed by atoms with Crippen LogP contribution in [0.2, 0.25) is 0 Å². The van der Waals surface area contributed by atoms with Gasteiger partial charge in [0.1, 0.15) is 0 Å². The lowest BCUT2D eigenvalue weighted by molar-refractivity contribution is 0.325. The number of hydrogen-bond donors (Lipinski definition) is 1. The molecule has 4 nitrogen and oxygen atoms in total. The summed E-state index contributed by atoms with van der Waals surface area (Å²) >= 11 is 0. The zero-order chi connectivity index (χ0) is 14.1. The lowest BCUT2D eigenvalue weighted by Gasteiger charge is -2.09. The number of aromatic nitrogens is 2. The van der Waals surface area contributed by atoms with Crippen molar-refractivity contribution >= 4 is 10.8 Å². The van der Waals surface area contributed by atoms with Crippen molar-refractivity contribution in [1.82, 2.24) is 10.1 Å². The number of rotatable bonds is 3. The average molecular weight is 267 g/mol. The van der Waals surface area contributed by atoms with Crippen molar-refractivity contribution in [3.63, 3.8) is 0 Å². The van der Waals surface area contributed by atoms with Gasteiger partial charge in [-0.1, -0.05) is 55.4 Å². The topological polar surface area (TPSA) is 64.9 Å². The lowest BCUT2D eigenvalue weighted by atomic mass is 10.1. The Bertz CT molecular complexity index is 733. The van der Waals surface area contributed by atoms with Crippen LogP contribution in [0.5, 0.6) is 0 Å². The van der Waals surface area contributed by atoms with E-state index in [4.69, 9.17) is 10.3 Å². The van der Waals surface area contributed by atoms with Crippen LogP contribution in [-0.4, -0.2) is 10.1 Å². The second-order valence-corrected chi connectivity index (χ2v) is 5.29. The molecule has 0 radical (unpaired) electrons. The number of nitrogens with two attached hydrogens (primary N) is 1. The zero-order valence-electron chi connectivity index (χ0n) is 11.6. The minimum absolute atomic E-state index is 0.225. The van der Waals surface area contributed by atoms with Gasteiger partial charge in [0.15, 0.2) is 0 Å². The maximum atomic E-state index is 6.02. The molecule has 0 aliphatic heterocycles. The number of hydrogen-bond acceptors (Lipinski definition) is 4. The summed E-state index contributed by atoms with van der Waals surface area (Å²) in [6, 6.07) is 14.1. The van der Waals surface area contributed by atoms with Crippen molar-refractivity contribution in [3.05, 3.63) is 48.4 Å². The van der Waals surface area contributed by atoms with Crippen molar-refractivity contribution in [3.8, 4) is 11.4 Å². The van der Waals surface area contributed by atoms with E-state index >= 15 is 0 Å². The third-order valence-electron chi connectivity index (χ3n) is 3.45. The zero-order valence-corrected chi connectivity index (χ0v) is 11.6. The maximum Gasteiger partial charge on any atom is 0.244 e. The molecule has 0 amide bonds. The summed E-state index contributed by atoms with van der Waals surface area (Å²) in [7, 11) is 0. The molecule has 1 aromatic heterocycles. The van der Waals surface area contributed by atoms with Crippen LogP contribution >= 0.6 is 0 Å². The Kier molecular flexibility index (Phi) is 3.24. The highest BCUT2D eigenvalue weighted by atomic mass is 16.5. The fourth-order valence-corrected chi connectivity index (χ4v) is 2.10. The van der Waals surface area contributed by atoms with Crippen LogP contribution in [0.1, 0.15) is 25.8 Å². The van der Waals surface area contributed by atoms with Gasteiger partial charge in [0.2, 0.25) is 11.7 Å². The Morgan fingerprint density at radius 3 is 2.55 bits per heavy atom. The average Bonchev–Trinajstić information content (AvgIpc) is 2.95. The number of benzene rings is 2. The standard InChI is InChI=1S/C16H17N3O/c1-10(2)14(17)16-18-15(19-20-16)13-8-7-11-5-3-4-6-12(11)9-13/h3-10,14H,17H2,1-2H3/t14-/m0/s1. The molecule has 20 heavy (non-hydrogen) atoms. The van der Waals surface area contributed by atoms with Crippen LogP contribution in [0.15, 0.2) is 47.0 Å². The van der Waals surface area contributed by atoms with E-state index in [0.717, 1.165) is 10.9 Å². The fourth-order valence-electron chi connectivity index (χ4n) is 2.10. The first-order valence-corrected chi connectivity index (χ1v) is 6.73. The summed E-state index contributed by atoms with van der Waals surface area (Å²) in [5, 5.41) is 6.38. The first-order valence-electron chi connectivity index (χ1n) is 6.73. The van der Waals surface area contributed by atoms with E-state index < -0.39 is 0 Å². The Morgan fingerprint density at radius 2 is 1.80 bits per heavy atom. The smallest absolute Gasteiger partial charge is 0.244 e. The lowest BCUT2D eigenvalue weighted by Crippen LogP contribution is -2.16. The molecule has 2 aromatic carbocycles. The Balaban J connectivity index is 1.99. The van der Waals surface area contributed by atoms with Gasteiger partial charge in [0.05, 0.1) is 6.04 Å². The molecule has 4 heteroatoms.